The highest BCUT2D eigenvalue weighted by Gasteiger charge is 2.40. The molecule has 0 saturated heterocycles. The molecule has 0 bridgehead atoms. The SMILES string of the molecule is CC(C)(C)S(=O)(=O)C1=C(C(=O)c2ccc3c(c2Cl)CCS3(=O)=O)C(=O)CCC1. The van der Waals surface area contributed by atoms with E-state index in [1.807, 2.05) is 0 Å². The average Bonchev–Trinajstić information content (AvgIpc) is 2.89. The normalized spacial score (nSPS) is 19.6. The molecule has 1 aromatic carbocycles. The Labute approximate surface area is 169 Å². The molecule has 0 atom stereocenters. The lowest BCUT2D eigenvalue weighted by molar-refractivity contribution is -0.115. The van der Waals surface area contributed by atoms with Crippen molar-refractivity contribution in [3.63, 3.8) is 0 Å². The molecular weight excluding hydrogens is 424 g/mol. The monoisotopic (exact) mass is 444 g/mol. The zero-order chi connectivity index (χ0) is 21.1. The molecule has 0 aromatic heterocycles. The quantitative estimate of drug-likeness (QED) is 0.524. The molecule has 0 fully saturated rings. The van der Waals surface area contributed by atoms with Crippen LogP contribution in [0.15, 0.2) is 27.5 Å². The molecule has 0 radical (unpaired) electrons. The second kappa shape index (κ2) is 6.78. The summed E-state index contributed by atoms with van der Waals surface area (Å²) in [4.78, 5) is 25.7. The molecule has 28 heavy (non-hydrogen) atoms. The topological polar surface area (TPSA) is 102 Å². The van der Waals surface area contributed by atoms with E-state index in [0.717, 1.165) is 0 Å². The predicted molar refractivity (Wildman–Crippen MR) is 106 cm³/mol. The molecule has 1 aromatic rings. The maximum atomic E-state index is 13.2. The van der Waals surface area contributed by atoms with E-state index in [1.165, 1.54) is 32.9 Å². The van der Waals surface area contributed by atoms with Crippen molar-refractivity contribution in [2.24, 2.45) is 0 Å². The summed E-state index contributed by atoms with van der Waals surface area (Å²) < 4.78 is 48.9. The fraction of sp³-hybridized carbons (Fsp3) is 0.474. The van der Waals surface area contributed by atoms with Gasteiger partial charge in [-0.2, -0.15) is 0 Å². The van der Waals surface area contributed by atoms with Gasteiger partial charge in [0.05, 0.1) is 30.9 Å². The van der Waals surface area contributed by atoms with Gasteiger partial charge >= 0.3 is 0 Å². The Morgan fingerprint density at radius 2 is 1.75 bits per heavy atom. The number of benzene rings is 1. The third-order valence-corrected chi connectivity index (χ3v) is 10.0. The highest BCUT2D eigenvalue weighted by atomic mass is 35.5. The molecule has 152 valence electrons. The summed E-state index contributed by atoms with van der Waals surface area (Å²) in [6.07, 6.45) is 0.735. The first kappa shape index (κ1) is 21.2. The van der Waals surface area contributed by atoms with Crippen molar-refractivity contribution in [1.29, 1.82) is 0 Å². The van der Waals surface area contributed by atoms with Crippen LogP contribution in [0.1, 0.15) is 56.0 Å². The van der Waals surface area contributed by atoms with Gasteiger partial charge in [-0.3, -0.25) is 9.59 Å². The number of ketones is 2. The number of allylic oxidation sites excluding steroid dienone is 2. The molecule has 0 amide bonds. The Morgan fingerprint density at radius 3 is 2.36 bits per heavy atom. The van der Waals surface area contributed by atoms with Crippen LogP contribution in [0.4, 0.5) is 0 Å². The highest BCUT2D eigenvalue weighted by Crippen LogP contribution is 2.38. The lowest BCUT2D eigenvalue weighted by atomic mass is 9.91. The van der Waals surface area contributed by atoms with Crippen molar-refractivity contribution in [2.75, 3.05) is 5.75 Å². The third-order valence-electron chi connectivity index (χ3n) is 5.12. The lowest BCUT2D eigenvalue weighted by Gasteiger charge is -2.26. The molecule has 3 rings (SSSR count). The minimum Gasteiger partial charge on any atom is -0.294 e. The van der Waals surface area contributed by atoms with Gasteiger partial charge in [-0.1, -0.05) is 11.6 Å². The predicted octanol–water partition coefficient (Wildman–Crippen LogP) is 3.07. The number of hydrogen-bond donors (Lipinski definition) is 0. The van der Waals surface area contributed by atoms with Crippen molar-refractivity contribution in [1.82, 2.24) is 0 Å². The molecule has 0 unspecified atom stereocenters. The maximum Gasteiger partial charge on any atom is 0.199 e. The van der Waals surface area contributed by atoms with Crippen LogP contribution in [0.2, 0.25) is 5.02 Å². The van der Waals surface area contributed by atoms with Gasteiger partial charge in [0.15, 0.2) is 31.2 Å². The maximum absolute atomic E-state index is 13.2. The summed E-state index contributed by atoms with van der Waals surface area (Å²) in [6.45, 7) is 4.55. The van der Waals surface area contributed by atoms with E-state index in [1.54, 1.807) is 0 Å². The van der Waals surface area contributed by atoms with Gasteiger partial charge in [-0.15, -0.1) is 0 Å². The number of sulfone groups is 2. The summed E-state index contributed by atoms with van der Waals surface area (Å²) in [7, 11) is -7.31. The van der Waals surface area contributed by atoms with Gasteiger partial charge in [0.25, 0.3) is 0 Å². The van der Waals surface area contributed by atoms with Gasteiger partial charge in [0, 0.05) is 12.0 Å². The van der Waals surface area contributed by atoms with E-state index < -0.39 is 36.0 Å². The molecule has 9 heteroatoms. The van der Waals surface area contributed by atoms with Gasteiger partial charge in [0.2, 0.25) is 0 Å². The number of rotatable bonds is 3. The van der Waals surface area contributed by atoms with E-state index in [-0.39, 0.29) is 51.0 Å². The van der Waals surface area contributed by atoms with Gasteiger partial charge in [0.1, 0.15) is 0 Å². The van der Waals surface area contributed by atoms with Crippen molar-refractivity contribution in [3.8, 4) is 0 Å². The number of fused-ring (bicyclic) bond motifs is 1. The number of carbonyl (C=O) groups excluding carboxylic acids is 2. The van der Waals surface area contributed by atoms with Crippen molar-refractivity contribution < 1.29 is 26.4 Å². The molecule has 1 aliphatic heterocycles. The van der Waals surface area contributed by atoms with Gasteiger partial charge in [-0.25, -0.2) is 16.8 Å². The van der Waals surface area contributed by atoms with E-state index >= 15 is 0 Å². The van der Waals surface area contributed by atoms with Crippen molar-refractivity contribution >= 4 is 42.8 Å². The largest absolute Gasteiger partial charge is 0.294 e. The third kappa shape index (κ3) is 3.25. The molecule has 0 saturated carbocycles. The van der Waals surface area contributed by atoms with E-state index in [0.29, 0.717) is 12.0 Å². The first-order valence-electron chi connectivity index (χ1n) is 8.89. The summed E-state index contributed by atoms with van der Waals surface area (Å²) in [5.41, 5.74) is -0.0372. The lowest BCUT2D eigenvalue weighted by Crippen LogP contribution is -2.33. The Kier molecular flexibility index (Phi) is 5.13. The van der Waals surface area contributed by atoms with Gasteiger partial charge < -0.3 is 0 Å². The van der Waals surface area contributed by atoms with E-state index in [9.17, 15) is 26.4 Å². The number of hydrogen-bond acceptors (Lipinski definition) is 6. The zero-order valence-corrected chi connectivity index (χ0v) is 18.2. The molecule has 0 spiro atoms. The molecule has 1 heterocycles. The fourth-order valence-electron chi connectivity index (χ4n) is 3.49. The first-order chi connectivity index (χ1) is 12.8. The Balaban J connectivity index is 2.22. The fourth-order valence-corrected chi connectivity index (χ4v) is 7.07. The molecule has 6 nitrogen and oxygen atoms in total. The van der Waals surface area contributed by atoms with Crippen LogP contribution in [0.3, 0.4) is 0 Å². The van der Waals surface area contributed by atoms with Crippen LogP contribution in [0, 0.1) is 0 Å². The van der Waals surface area contributed by atoms with Crippen LogP contribution < -0.4 is 0 Å². The number of carbonyl (C=O) groups is 2. The average molecular weight is 445 g/mol. The van der Waals surface area contributed by atoms with Crippen molar-refractivity contribution in [3.05, 3.63) is 38.8 Å². The van der Waals surface area contributed by atoms with Crippen molar-refractivity contribution in [2.45, 2.75) is 56.1 Å². The first-order valence-corrected chi connectivity index (χ1v) is 12.4. The van der Waals surface area contributed by atoms with Crippen LogP contribution in [-0.2, 0) is 30.9 Å². The highest BCUT2D eigenvalue weighted by molar-refractivity contribution is 7.96. The Hall–Kier alpha value is -1.51. The second-order valence-electron chi connectivity index (χ2n) is 7.99. The van der Waals surface area contributed by atoms with E-state index in [4.69, 9.17) is 11.6 Å². The zero-order valence-electron chi connectivity index (χ0n) is 15.8. The van der Waals surface area contributed by atoms with E-state index in [2.05, 4.69) is 0 Å². The minimum atomic E-state index is -3.88. The van der Waals surface area contributed by atoms with Gasteiger partial charge in [-0.05, 0) is 57.7 Å². The molecule has 1 aliphatic carbocycles. The minimum absolute atomic E-state index is 0.0260. The van der Waals surface area contributed by atoms with Crippen LogP contribution in [-0.4, -0.2) is 38.9 Å². The standard InChI is InChI=1S/C19H21ClO6S2/c1-19(2,3)28(25,26)15-6-4-5-13(21)16(15)18(22)12-7-8-14-11(17(12)20)9-10-27(14,23)24/h7-8H,4-6,9-10H2,1-3H3. The van der Waals surface area contributed by atoms with Crippen LogP contribution in [0.5, 0.6) is 0 Å². The molecule has 0 N–H and O–H groups in total. The number of Topliss-reactive ketones (excluding diaryl/α,β-unsaturated/α-hetero) is 2. The summed E-state index contributed by atoms with van der Waals surface area (Å²) in [5, 5.41) is -0.0260. The number of halogens is 1. The summed E-state index contributed by atoms with van der Waals surface area (Å²) in [5.74, 6) is -1.38. The Bertz CT molecular complexity index is 1140. The van der Waals surface area contributed by atoms with Crippen LogP contribution in [0.25, 0.3) is 0 Å². The summed E-state index contributed by atoms with van der Waals surface area (Å²) in [6, 6.07) is 2.57. The molecule has 2 aliphatic rings. The summed E-state index contributed by atoms with van der Waals surface area (Å²) >= 11 is 6.33. The Morgan fingerprint density at radius 1 is 1.11 bits per heavy atom. The van der Waals surface area contributed by atoms with Crippen LogP contribution >= 0.6 is 11.6 Å². The second-order valence-corrected chi connectivity index (χ2v) is 13.2. The smallest absolute Gasteiger partial charge is 0.199 e. The molecular formula is C19H21ClO6S2.